The Kier molecular flexibility index (Phi) is 8.12. The maximum atomic E-state index is 13.1. The van der Waals surface area contributed by atoms with Crippen molar-refractivity contribution in [3.8, 4) is 11.5 Å². The second kappa shape index (κ2) is 11.5. The smallest absolute Gasteiger partial charge is 0.335 e. The highest BCUT2D eigenvalue weighted by Crippen LogP contribution is 2.39. The maximum Gasteiger partial charge on any atom is 0.335 e. The third-order valence-corrected chi connectivity index (χ3v) is 7.04. The van der Waals surface area contributed by atoms with E-state index >= 15 is 0 Å². The number of benzene rings is 3. The lowest BCUT2D eigenvalue weighted by molar-refractivity contribution is -0.122. The van der Waals surface area contributed by atoms with Crippen LogP contribution >= 0.6 is 27.7 Å². The molecule has 184 valence electrons. The predicted molar refractivity (Wildman–Crippen MR) is 145 cm³/mol. The van der Waals surface area contributed by atoms with Gasteiger partial charge in [0, 0.05) is 11.0 Å². The van der Waals surface area contributed by atoms with Crippen molar-refractivity contribution in [3.63, 3.8) is 0 Å². The van der Waals surface area contributed by atoms with Crippen molar-refractivity contribution in [2.24, 2.45) is 4.99 Å². The van der Waals surface area contributed by atoms with E-state index in [0.29, 0.717) is 40.4 Å². The third kappa shape index (κ3) is 5.80. The molecule has 1 heterocycles. The molecule has 1 fully saturated rings. The monoisotopic (exact) mass is 566 g/mol. The summed E-state index contributed by atoms with van der Waals surface area (Å²) in [7, 11) is 1.57. The number of carbonyl (C=O) groups is 2. The molecule has 7 nitrogen and oxygen atoms in total. The SMILES string of the molecule is CCN1C(=O)/C(=C/c2cc(OC)c(OCc3ccccc3)cc2Br)SC1=Nc1ccc(C(=O)O)cc1. The van der Waals surface area contributed by atoms with Crippen LogP contribution in [0.25, 0.3) is 6.08 Å². The molecule has 1 saturated heterocycles. The summed E-state index contributed by atoms with van der Waals surface area (Å²) in [4.78, 5) is 30.8. The number of methoxy groups -OCH3 is 1. The van der Waals surface area contributed by atoms with Gasteiger partial charge in [0.25, 0.3) is 5.91 Å². The summed E-state index contributed by atoms with van der Waals surface area (Å²) < 4.78 is 12.3. The summed E-state index contributed by atoms with van der Waals surface area (Å²) >= 11 is 4.85. The van der Waals surface area contributed by atoms with Crippen molar-refractivity contribution in [1.82, 2.24) is 4.90 Å². The van der Waals surface area contributed by atoms with E-state index < -0.39 is 5.97 Å². The van der Waals surface area contributed by atoms with Gasteiger partial charge in [-0.15, -0.1) is 0 Å². The van der Waals surface area contributed by atoms with E-state index in [-0.39, 0.29) is 11.5 Å². The van der Waals surface area contributed by atoms with Gasteiger partial charge in [0.15, 0.2) is 16.7 Å². The van der Waals surface area contributed by atoms with E-state index in [9.17, 15) is 9.59 Å². The number of ether oxygens (including phenoxy) is 2. The molecule has 0 bridgehead atoms. The van der Waals surface area contributed by atoms with Gasteiger partial charge in [0.05, 0.1) is 23.3 Å². The fourth-order valence-corrected chi connectivity index (χ4v) is 4.96. The first-order valence-electron chi connectivity index (χ1n) is 11.1. The number of carbonyl (C=O) groups excluding carboxylic acids is 1. The molecule has 3 aromatic carbocycles. The fraction of sp³-hybridized carbons (Fsp3) is 0.148. The van der Waals surface area contributed by atoms with Gasteiger partial charge in [-0.05, 0) is 72.3 Å². The number of likely N-dealkylation sites (N-methyl/N-ethyl adjacent to an activating group) is 1. The van der Waals surface area contributed by atoms with E-state index in [0.717, 1.165) is 15.6 Å². The number of nitrogens with zero attached hydrogens (tertiary/aromatic N) is 2. The number of rotatable bonds is 8. The molecule has 1 N–H and O–H groups in total. The normalized spacial score (nSPS) is 15.5. The molecule has 1 amide bonds. The zero-order valence-corrected chi connectivity index (χ0v) is 22.0. The summed E-state index contributed by atoms with van der Waals surface area (Å²) in [6.07, 6.45) is 1.79. The minimum absolute atomic E-state index is 0.154. The standard InChI is InChI=1S/C27H23BrN2O5S/c1-3-30-25(31)24(36-27(30)29-20-11-9-18(10-12-20)26(32)33)14-19-13-22(34-2)23(15-21(19)28)35-16-17-7-5-4-6-8-17/h4-15H,3,16H2,1-2H3,(H,32,33)/b24-14-,29-27?. The summed E-state index contributed by atoms with van der Waals surface area (Å²) in [6.45, 7) is 2.73. The Balaban J connectivity index is 1.58. The number of carboxylic acid groups (broad SMARTS) is 1. The topological polar surface area (TPSA) is 88.4 Å². The summed E-state index contributed by atoms with van der Waals surface area (Å²) in [6, 6.07) is 19.7. The zero-order chi connectivity index (χ0) is 25.7. The van der Waals surface area contributed by atoms with E-state index in [4.69, 9.17) is 14.6 Å². The fourth-order valence-electron chi connectivity index (χ4n) is 3.47. The quantitative estimate of drug-likeness (QED) is 0.319. The molecule has 0 unspecified atom stereocenters. The minimum atomic E-state index is -1.00. The molecular weight excluding hydrogens is 544 g/mol. The van der Waals surface area contributed by atoms with Gasteiger partial charge in [0.2, 0.25) is 0 Å². The van der Waals surface area contributed by atoms with Crippen LogP contribution in [-0.4, -0.2) is 40.7 Å². The van der Waals surface area contributed by atoms with Crippen LogP contribution in [0.2, 0.25) is 0 Å². The van der Waals surface area contributed by atoms with Gasteiger partial charge in [-0.1, -0.05) is 46.3 Å². The van der Waals surface area contributed by atoms with Crippen molar-refractivity contribution in [2.75, 3.05) is 13.7 Å². The molecule has 1 aliphatic heterocycles. The number of aromatic carboxylic acids is 1. The number of aliphatic imine (C=N–C) groups is 1. The lowest BCUT2D eigenvalue weighted by Gasteiger charge is -2.13. The summed E-state index contributed by atoms with van der Waals surface area (Å²) in [5.74, 6) is -0.0181. The molecule has 36 heavy (non-hydrogen) atoms. The number of amides is 1. The second-order valence-electron chi connectivity index (χ2n) is 7.71. The van der Waals surface area contributed by atoms with Crippen LogP contribution in [0.1, 0.15) is 28.4 Å². The van der Waals surface area contributed by atoms with Gasteiger partial charge in [-0.3, -0.25) is 9.69 Å². The van der Waals surface area contributed by atoms with E-state index in [1.54, 1.807) is 30.2 Å². The zero-order valence-electron chi connectivity index (χ0n) is 19.6. The highest BCUT2D eigenvalue weighted by molar-refractivity contribution is 9.10. The molecule has 0 saturated carbocycles. The van der Waals surface area contributed by atoms with Gasteiger partial charge in [0.1, 0.15) is 6.61 Å². The number of hydrogen-bond donors (Lipinski definition) is 1. The Morgan fingerprint density at radius 1 is 1.11 bits per heavy atom. The predicted octanol–water partition coefficient (Wildman–Crippen LogP) is 6.36. The molecule has 0 spiro atoms. The van der Waals surface area contributed by atoms with Crippen LogP contribution in [0, 0.1) is 0 Å². The van der Waals surface area contributed by atoms with E-state index in [1.807, 2.05) is 49.4 Å². The average molecular weight is 567 g/mol. The lowest BCUT2D eigenvalue weighted by atomic mass is 10.1. The summed E-state index contributed by atoms with van der Waals surface area (Å²) in [5.41, 5.74) is 2.55. The maximum absolute atomic E-state index is 13.1. The highest BCUT2D eigenvalue weighted by Gasteiger charge is 2.32. The molecule has 0 aromatic heterocycles. The number of hydrogen-bond acceptors (Lipinski definition) is 6. The van der Waals surface area contributed by atoms with Crippen molar-refractivity contribution in [2.45, 2.75) is 13.5 Å². The van der Waals surface area contributed by atoms with Crippen molar-refractivity contribution in [1.29, 1.82) is 0 Å². The van der Waals surface area contributed by atoms with Crippen LogP contribution in [0.5, 0.6) is 11.5 Å². The first-order valence-corrected chi connectivity index (χ1v) is 12.7. The molecule has 9 heteroatoms. The minimum Gasteiger partial charge on any atom is -0.493 e. The van der Waals surface area contributed by atoms with Crippen molar-refractivity contribution >= 4 is 56.5 Å². The summed E-state index contributed by atoms with van der Waals surface area (Å²) in [5, 5.41) is 9.62. The molecule has 0 atom stereocenters. The third-order valence-electron chi connectivity index (χ3n) is 5.35. The number of halogens is 1. The first-order chi connectivity index (χ1) is 17.4. The van der Waals surface area contributed by atoms with E-state index in [2.05, 4.69) is 20.9 Å². The van der Waals surface area contributed by atoms with Crippen LogP contribution in [0.4, 0.5) is 5.69 Å². The average Bonchev–Trinajstić information content (AvgIpc) is 3.18. The van der Waals surface area contributed by atoms with Gasteiger partial charge in [-0.2, -0.15) is 0 Å². The van der Waals surface area contributed by atoms with Crippen molar-refractivity contribution in [3.05, 3.63) is 92.8 Å². The largest absolute Gasteiger partial charge is 0.493 e. The highest BCUT2D eigenvalue weighted by atomic mass is 79.9. The van der Waals surface area contributed by atoms with Crippen LogP contribution in [0.3, 0.4) is 0 Å². The van der Waals surface area contributed by atoms with Crippen LogP contribution in [0.15, 0.2) is 81.1 Å². The molecule has 0 radical (unpaired) electrons. The molecular formula is C27H23BrN2O5S. The van der Waals surface area contributed by atoms with E-state index in [1.165, 1.54) is 23.9 Å². The molecule has 3 aromatic rings. The number of thioether (sulfide) groups is 1. The van der Waals surface area contributed by atoms with Crippen molar-refractivity contribution < 1.29 is 24.2 Å². The van der Waals surface area contributed by atoms with Gasteiger partial charge < -0.3 is 14.6 Å². The second-order valence-corrected chi connectivity index (χ2v) is 9.57. The Morgan fingerprint density at radius 2 is 1.83 bits per heavy atom. The Hall–Kier alpha value is -3.56. The van der Waals surface area contributed by atoms with Crippen LogP contribution in [-0.2, 0) is 11.4 Å². The molecule has 0 aliphatic carbocycles. The van der Waals surface area contributed by atoms with Gasteiger partial charge >= 0.3 is 5.97 Å². The Morgan fingerprint density at radius 3 is 2.47 bits per heavy atom. The Bertz CT molecular complexity index is 1340. The first kappa shape index (κ1) is 25.5. The number of carboxylic acids is 1. The van der Waals surface area contributed by atoms with Gasteiger partial charge in [-0.25, -0.2) is 9.79 Å². The Labute approximate surface area is 221 Å². The lowest BCUT2D eigenvalue weighted by Crippen LogP contribution is -2.28. The van der Waals surface area contributed by atoms with Crippen LogP contribution < -0.4 is 9.47 Å². The molecule has 4 rings (SSSR count). The number of amidine groups is 1. The molecule has 1 aliphatic rings.